The quantitative estimate of drug-likeness (QED) is 0.761. The third-order valence-electron chi connectivity index (χ3n) is 4.47. The highest BCUT2D eigenvalue weighted by atomic mass is 16.2. The maximum absolute atomic E-state index is 12.5. The summed E-state index contributed by atoms with van der Waals surface area (Å²) < 4.78 is 0. The minimum absolute atomic E-state index is 0.0491. The molecular weight excluding hydrogens is 266 g/mol. The minimum Gasteiger partial charge on any atom is -0.340 e. The highest BCUT2D eigenvalue weighted by molar-refractivity contribution is 5.78. The predicted molar refractivity (Wildman–Crippen MR) is 78.0 cm³/mol. The first-order chi connectivity index (χ1) is 10.3. The zero-order chi connectivity index (χ0) is 15.1. The molecule has 21 heavy (non-hydrogen) atoms. The Hall–Kier alpha value is -1.63. The van der Waals surface area contributed by atoms with Gasteiger partial charge < -0.3 is 10.2 Å². The molecule has 2 heterocycles. The lowest BCUT2D eigenvalue weighted by Crippen LogP contribution is -2.50. The highest BCUT2D eigenvalue weighted by Gasteiger charge is 2.36. The maximum Gasteiger partial charge on any atom is 0.236 e. The summed E-state index contributed by atoms with van der Waals surface area (Å²) in [4.78, 5) is 16.4. The molecule has 2 aliphatic heterocycles. The van der Waals surface area contributed by atoms with Crippen molar-refractivity contribution in [1.29, 1.82) is 10.5 Å². The van der Waals surface area contributed by atoms with Gasteiger partial charge in [-0.15, -0.1) is 0 Å². The SMILES string of the molecule is N#CCCN(CCC#N)C(=O)CN1CCCC2CNCC21. The Morgan fingerprint density at radius 1 is 1.24 bits per heavy atom. The number of hydrogen-bond donors (Lipinski definition) is 1. The summed E-state index contributed by atoms with van der Waals surface area (Å²) in [7, 11) is 0. The fourth-order valence-electron chi connectivity index (χ4n) is 3.36. The second kappa shape index (κ2) is 7.97. The Balaban J connectivity index is 1.90. The molecule has 0 aromatic rings. The second-order valence-electron chi connectivity index (χ2n) is 5.80. The lowest BCUT2D eigenvalue weighted by molar-refractivity contribution is -0.133. The van der Waals surface area contributed by atoms with Crippen molar-refractivity contribution in [2.75, 3.05) is 39.3 Å². The van der Waals surface area contributed by atoms with E-state index in [2.05, 4.69) is 22.4 Å². The fourth-order valence-corrected chi connectivity index (χ4v) is 3.36. The summed E-state index contributed by atoms with van der Waals surface area (Å²) in [6, 6.07) is 4.61. The first-order valence-corrected chi connectivity index (χ1v) is 7.72. The topological polar surface area (TPSA) is 83.2 Å². The van der Waals surface area contributed by atoms with E-state index in [4.69, 9.17) is 10.5 Å². The van der Waals surface area contributed by atoms with Gasteiger partial charge in [-0.05, 0) is 31.8 Å². The van der Waals surface area contributed by atoms with Crippen molar-refractivity contribution in [1.82, 2.24) is 15.1 Å². The van der Waals surface area contributed by atoms with Gasteiger partial charge in [0.05, 0.1) is 31.5 Å². The molecule has 0 aromatic carbocycles. The number of carbonyl (C=O) groups excluding carboxylic acids is 1. The normalized spacial score (nSPS) is 24.9. The highest BCUT2D eigenvalue weighted by Crippen LogP contribution is 2.26. The third-order valence-corrected chi connectivity index (χ3v) is 4.47. The van der Waals surface area contributed by atoms with Crippen LogP contribution in [0.25, 0.3) is 0 Å². The molecule has 2 unspecified atom stereocenters. The van der Waals surface area contributed by atoms with E-state index in [0.717, 1.165) is 26.1 Å². The summed E-state index contributed by atoms with van der Waals surface area (Å²) in [5.41, 5.74) is 0. The Morgan fingerprint density at radius 3 is 2.62 bits per heavy atom. The number of nitrogens with zero attached hydrogens (tertiary/aromatic N) is 4. The standard InChI is InChI=1S/C15H23N5O/c16-5-2-8-19(9-3-6-17)15(21)12-20-7-1-4-13-10-18-11-14(13)20/h13-14,18H,1-4,7-12H2. The molecule has 2 atom stereocenters. The molecule has 0 aliphatic carbocycles. The second-order valence-corrected chi connectivity index (χ2v) is 5.80. The number of amides is 1. The van der Waals surface area contributed by atoms with E-state index in [1.54, 1.807) is 4.90 Å². The molecule has 6 nitrogen and oxygen atoms in total. The Kier molecular flexibility index (Phi) is 5.98. The van der Waals surface area contributed by atoms with Crippen LogP contribution in [0.1, 0.15) is 25.7 Å². The van der Waals surface area contributed by atoms with Crippen molar-refractivity contribution in [2.24, 2.45) is 5.92 Å². The first-order valence-electron chi connectivity index (χ1n) is 7.72. The van der Waals surface area contributed by atoms with Gasteiger partial charge in [0.1, 0.15) is 0 Å². The van der Waals surface area contributed by atoms with Gasteiger partial charge in [0.25, 0.3) is 0 Å². The van der Waals surface area contributed by atoms with Crippen LogP contribution in [0.2, 0.25) is 0 Å². The van der Waals surface area contributed by atoms with Crippen LogP contribution in [0.5, 0.6) is 0 Å². The Morgan fingerprint density at radius 2 is 1.95 bits per heavy atom. The van der Waals surface area contributed by atoms with E-state index in [9.17, 15) is 4.79 Å². The molecule has 0 aromatic heterocycles. The molecule has 2 aliphatic rings. The molecule has 1 amide bonds. The Bertz CT molecular complexity index is 420. The molecular formula is C15H23N5O. The summed E-state index contributed by atoms with van der Waals surface area (Å²) in [6.45, 7) is 4.27. The van der Waals surface area contributed by atoms with Crippen LogP contribution in [0, 0.1) is 28.6 Å². The molecule has 0 saturated carbocycles. The van der Waals surface area contributed by atoms with Crippen LogP contribution in [0.4, 0.5) is 0 Å². The van der Waals surface area contributed by atoms with Gasteiger partial charge >= 0.3 is 0 Å². The number of fused-ring (bicyclic) bond motifs is 1. The van der Waals surface area contributed by atoms with E-state index in [1.807, 2.05) is 0 Å². The lowest BCUT2D eigenvalue weighted by Gasteiger charge is -2.37. The van der Waals surface area contributed by atoms with Gasteiger partial charge in [0, 0.05) is 25.7 Å². The maximum atomic E-state index is 12.5. The number of rotatable bonds is 6. The summed E-state index contributed by atoms with van der Waals surface area (Å²) in [6.07, 6.45) is 3.04. The summed E-state index contributed by atoms with van der Waals surface area (Å²) >= 11 is 0. The average Bonchev–Trinajstić information content (AvgIpc) is 2.97. The van der Waals surface area contributed by atoms with E-state index in [1.165, 1.54) is 6.42 Å². The minimum atomic E-state index is 0.0491. The molecule has 2 fully saturated rings. The third kappa shape index (κ3) is 4.17. The Labute approximate surface area is 126 Å². The van der Waals surface area contributed by atoms with Gasteiger partial charge in [0.15, 0.2) is 0 Å². The van der Waals surface area contributed by atoms with Gasteiger partial charge in [0.2, 0.25) is 5.91 Å². The van der Waals surface area contributed by atoms with E-state index < -0.39 is 0 Å². The lowest BCUT2D eigenvalue weighted by atomic mass is 9.92. The number of piperidine rings is 1. The van der Waals surface area contributed by atoms with E-state index in [-0.39, 0.29) is 5.91 Å². The summed E-state index contributed by atoms with van der Waals surface area (Å²) in [5.74, 6) is 0.714. The van der Waals surface area contributed by atoms with E-state index in [0.29, 0.717) is 44.4 Å². The summed E-state index contributed by atoms with van der Waals surface area (Å²) in [5, 5.41) is 20.8. The molecule has 1 N–H and O–H groups in total. The van der Waals surface area contributed by atoms with Crippen molar-refractivity contribution in [3.05, 3.63) is 0 Å². The molecule has 0 radical (unpaired) electrons. The number of carbonyl (C=O) groups is 1. The van der Waals surface area contributed by atoms with Gasteiger partial charge in [-0.1, -0.05) is 0 Å². The predicted octanol–water partition coefficient (Wildman–Crippen LogP) is 0.326. The largest absolute Gasteiger partial charge is 0.340 e. The number of nitrogens with one attached hydrogen (secondary N) is 1. The zero-order valence-electron chi connectivity index (χ0n) is 12.4. The van der Waals surface area contributed by atoms with Crippen LogP contribution >= 0.6 is 0 Å². The van der Waals surface area contributed by atoms with E-state index >= 15 is 0 Å². The van der Waals surface area contributed by atoms with Crippen LogP contribution in [-0.4, -0.2) is 61.0 Å². The van der Waals surface area contributed by atoms with Crippen LogP contribution < -0.4 is 5.32 Å². The molecule has 2 rings (SSSR count). The van der Waals surface area contributed by atoms with Gasteiger partial charge in [-0.25, -0.2) is 0 Å². The van der Waals surface area contributed by atoms with Crippen molar-refractivity contribution >= 4 is 5.91 Å². The number of likely N-dealkylation sites (tertiary alicyclic amines) is 1. The fraction of sp³-hybridized carbons (Fsp3) is 0.800. The molecule has 2 saturated heterocycles. The monoisotopic (exact) mass is 289 g/mol. The smallest absolute Gasteiger partial charge is 0.236 e. The van der Waals surface area contributed by atoms with Crippen molar-refractivity contribution < 1.29 is 4.79 Å². The van der Waals surface area contributed by atoms with Crippen molar-refractivity contribution in [2.45, 2.75) is 31.7 Å². The van der Waals surface area contributed by atoms with Crippen molar-refractivity contribution in [3.63, 3.8) is 0 Å². The first kappa shape index (κ1) is 15.8. The van der Waals surface area contributed by atoms with Crippen LogP contribution in [-0.2, 0) is 4.79 Å². The molecule has 114 valence electrons. The van der Waals surface area contributed by atoms with Gasteiger partial charge in [-0.2, -0.15) is 10.5 Å². The number of hydrogen-bond acceptors (Lipinski definition) is 5. The average molecular weight is 289 g/mol. The molecule has 0 spiro atoms. The number of nitriles is 2. The van der Waals surface area contributed by atoms with Crippen LogP contribution in [0.3, 0.4) is 0 Å². The van der Waals surface area contributed by atoms with Crippen molar-refractivity contribution in [3.8, 4) is 12.1 Å². The van der Waals surface area contributed by atoms with Gasteiger partial charge in [-0.3, -0.25) is 9.69 Å². The molecule has 0 bridgehead atoms. The molecule has 6 heteroatoms. The zero-order valence-corrected chi connectivity index (χ0v) is 12.4. The van der Waals surface area contributed by atoms with Crippen LogP contribution in [0.15, 0.2) is 0 Å².